The molecule has 0 unspecified atom stereocenters. The van der Waals surface area contributed by atoms with E-state index in [0.29, 0.717) is 29.4 Å². The molecule has 0 bridgehead atoms. The van der Waals surface area contributed by atoms with Crippen LogP contribution >= 0.6 is 0 Å². The summed E-state index contributed by atoms with van der Waals surface area (Å²) in [6.45, 7) is 0.855. The van der Waals surface area contributed by atoms with Gasteiger partial charge in [0.1, 0.15) is 0 Å². The van der Waals surface area contributed by atoms with Gasteiger partial charge >= 0.3 is 6.61 Å². The molecular weight excluding hydrogens is 484 g/mol. The van der Waals surface area contributed by atoms with Crippen LogP contribution in [0, 0.1) is 6.92 Å². The molecule has 7 nitrogen and oxygen atoms in total. The molecule has 0 saturated carbocycles. The normalized spacial score (nSPS) is 10.9. The Morgan fingerprint density at radius 1 is 0.946 bits per heavy atom. The summed E-state index contributed by atoms with van der Waals surface area (Å²) in [6.07, 6.45) is 2.92. The monoisotopic (exact) mass is 511 g/mol. The van der Waals surface area contributed by atoms with Crippen LogP contribution in [0.1, 0.15) is 28.4 Å². The van der Waals surface area contributed by atoms with Gasteiger partial charge in [0.2, 0.25) is 0 Å². The fourth-order valence-electron chi connectivity index (χ4n) is 3.34. The van der Waals surface area contributed by atoms with Crippen LogP contribution in [0.25, 0.3) is 6.08 Å². The number of rotatable bonds is 12. The maximum absolute atomic E-state index is 12.6. The Morgan fingerprint density at radius 2 is 1.70 bits per heavy atom. The average Bonchev–Trinajstić information content (AvgIpc) is 2.88. The Labute approximate surface area is 213 Å². The molecule has 9 heteroatoms. The highest BCUT2D eigenvalue weighted by Gasteiger charge is 2.14. The number of aryl methyl sites for hydroxylation is 1. The number of anilines is 1. The molecule has 3 aromatic rings. The molecule has 0 aliphatic carbocycles. The molecule has 0 saturated heterocycles. The molecule has 0 spiro atoms. The molecule has 0 heterocycles. The number of methoxy groups -OCH3 is 1. The maximum atomic E-state index is 12.6. The zero-order chi connectivity index (χ0) is 26.8. The van der Waals surface area contributed by atoms with E-state index in [2.05, 4.69) is 10.1 Å². The van der Waals surface area contributed by atoms with Crippen molar-refractivity contribution in [2.45, 2.75) is 20.5 Å². The van der Waals surface area contributed by atoms with E-state index in [1.54, 1.807) is 24.3 Å². The van der Waals surface area contributed by atoms with Crippen molar-refractivity contribution in [1.82, 2.24) is 0 Å². The minimum Gasteiger partial charge on any atom is -0.493 e. The number of halogens is 2. The Hall–Kier alpha value is -4.40. The van der Waals surface area contributed by atoms with E-state index in [-0.39, 0.29) is 35.4 Å². The van der Waals surface area contributed by atoms with E-state index in [4.69, 9.17) is 14.2 Å². The van der Waals surface area contributed by atoms with Crippen LogP contribution < -0.4 is 24.3 Å². The minimum absolute atomic E-state index is 0.0196. The van der Waals surface area contributed by atoms with Gasteiger partial charge in [-0.15, -0.1) is 0 Å². The summed E-state index contributed by atoms with van der Waals surface area (Å²) in [4.78, 5) is 24.9. The molecule has 0 atom stereocenters. The van der Waals surface area contributed by atoms with Crippen molar-refractivity contribution in [2.24, 2.45) is 0 Å². The predicted molar refractivity (Wildman–Crippen MR) is 136 cm³/mol. The molecule has 0 radical (unpaired) electrons. The second-order valence-electron chi connectivity index (χ2n) is 7.73. The molecule has 1 N–H and O–H groups in total. The van der Waals surface area contributed by atoms with Crippen LogP contribution in [0.15, 0.2) is 66.7 Å². The Morgan fingerprint density at radius 3 is 2.41 bits per heavy atom. The zero-order valence-corrected chi connectivity index (χ0v) is 20.6. The third-order valence-electron chi connectivity index (χ3n) is 5.14. The predicted octanol–water partition coefficient (Wildman–Crippen LogP) is 5.92. The molecule has 0 aliphatic heterocycles. The molecule has 3 rings (SSSR count). The fraction of sp³-hybridized carbons (Fsp3) is 0.214. The van der Waals surface area contributed by atoms with Gasteiger partial charge in [-0.1, -0.05) is 30.3 Å². The van der Waals surface area contributed by atoms with E-state index in [0.717, 1.165) is 5.56 Å². The molecule has 37 heavy (non-hydrogen) atoms. The number of ether oxygens (including phenoxy) is 4. The van der Waals surface area contributed by atoms with Gasteiger partial charge in [0.05, 0.1) is 13.7 Å². The topological polar surface area (TPSA) is 83.1 Å². The van der Waals surface area contributed by atoms with Crippen molar-refractivity contribution >= 4 is 23.5 Å². The highest BCUT2D eigenvalue weighted by atomic mass is 19.3. The summed E-state index contributed by atoms with van der Waals surface area (Å²) in [5.74, 6) is -0.0333. The highest BCUT2D eigenvalue weighted by molar-refractivity contribution is 6.07. The number of hydrogen-bond acceptors (Lipinski definition) is 6. The minimum atomic E-state index is -3.01. The van der Waals surface area contributed by atoms with Crippen molar-refractivity contribution in [3.63, 3.8) is 0 Å². The number of nitrogens with one attached hydrogen (secondary N) is 1. The number of amides is 1. The SMILES string of the molecule is CCOc1cc(/C=C/C(=O)c2ccc(OC(F)F)c(OC)c2)ccc1OCC(=O)Nc1ccccc1C. The van der Waals surface area contributed by atoms with Crippen molar-refractivity contribution < 1.29 is 37.3 Å². The van der Waals surface area contributed by atoms with E-state index >= 15 is 0 Å². The number of allylic oxidation sites excluding steroid dienone is 1. The Bertz CT molecular complexity index is 1280. The zero-order valence-electron chi connectivity index (χ0n) is 20.6. The van der Waals surface area contributed by atoms with Gasteiger partial charge in [0.25, 0.3) is 5.91 Å². The van der Waals surface area contributed by atoms with Crippen molar-refractivity contribution in [1.29, 1.82) is 0 Å². The molecule has 194 valence electrons. The Kier molecular flexibility index (Phi) is 9.60. The largest absolute Gasteiger partial charge is 0.493 e. The van der Waals surface area contributed by atoms with Crippen LogP contribution in [-0.4, -0.2) is 38.6 Å². The second kappa shape index (κ2) is 13.1. The number of carbonyl (C=O) groups excluding carboxylic acids is 2. The van der Waals surface area contributed by atoms with Gasteiger partial charge in [-0.2, -0.15) is 8.78 Å². The molecule has 3 aromatic carbocycles. The van der Waals surface area contributed by atoms with E-state index in [1.165, 1.54) is 31.4 Å². The van der Waals surface area contributed by atoms with E-state index in [9.17, 15) is 18.4 Å². The van der Waals surface area contributed by atoms with E-state index < -0.39 is 6.61 Å². The summed E-state index contributed by atoms with van der Waals surface area (Å²) < 4.78 is 45.8. The fourth-order valence-corrected chi connectivity index (χ4v) is 3.34. The summed E-state index contributed by atoms with van der Waals surface area (Å²) in [6, 6.07) is 16.4. The summed E-state index contributed by atoms with van der Waals surface area (Å²) >= 11 is 0. The number of benzene rings is 3. The van der Waals surface area contributed by atoms with E-state index in [1.807, 2.05) is 38.1 Å². The lowest BCUT2D eigenvalue weighted by molar-refractivity contribution is -0.118. The lowest BCUT2D eigenvalue weighted by Gasteiger charge is -2.13. The number of carbonyl (C=O) groups is 2. The van der Waals surface area contributed by atoms with Crippen LogP contribution in [0.4, 0.5) is 14.5 Å². The number of ketones is 1. The molecule has 0 aromatic heterocycles. The number of para-hydroxylation sites is 1. The van der Waals surface area contributed by atoms with Gasteiger partial charge < -0.3 is 24.3 Å². The van der Waals surface area contributed by atoms with Gasteiger partial charge in [-0.25, -0.2) is 0 Å². The molecule has 0 fully saturated rings. The number of hydrogen-bond donors (Lipinski definition) is 1. The molecule has 1 amide bonds. The maximum Gasteiger partial charge on any atom is 0.387 e. The molecule has 0 aliphatic rings. The lowest BCUT2D eigenvalue weighted by Crippen LogP contribution is -2.20. The third kappa shape index (κ3) is 7.79. The van der Waals surface area contributed by atoms with Crippen molar-refractivity contribution in [3.05, 3.63) is 83.4 Å². The smallest absolute Gasteiger partial charge is 0.387 e. The van der Waals surface area contributed by atoms with Gasteiger partial charge in [-0.05, 0) is 67.4 Å². The van der Waals surface area contributed by atoms with Gasteiger partial charge in [-0.3, -0.25) is 9.59 Å². The summed E-state index contributed by atoms with van der Waals surface area (Å²) in [5, 5.41) is 2.81. The quantitative estimate of drug-likeness (QED) is 0.240. The van der Waals surface area contributed by atoms with Crippen molar-refractivity contribution in [2.75, 3.05) is 25.6 Å². The Balaban J connectivity index is 1.68. The van der Waals surface area contributed by atoms with Crippen LogP contribution in [0.3, 0.4) is 0 Å². The van der Waals surface area contributed by atoms with Crippen LogP contribution in [-0.2, 0) is 4.79 Å². The first-order valence-corrected chi connectivity index (χ1v) is 11.4. The lowest BCUT2D eigenvalue weighted by atomic mass is 10.1. The van der Waals surface area contributed by atoms with Gasteiger partial charge in [0, 0.05) is 11.3 Å². The third-order valence-corrected chi connectivity index (χ3v) is 5.14. The first kappa shape index (κ1) is 27.2. The standard InChI is InChI=1S/C28H27F2NO6/c1-4-35-26-15-19(9-12-22(32)20-11-14-24(37-28(29)30)25(16-20)34-3)10-13-23(26)36-17-27(33)31-21-8-6-5-7-18(21)2/h5-16,28H,4,17H2,1-3H3,(H,31,33)/b12-9+. The molecular formula is C28H27F2NO6. The van der Waals surface area contributed by atoms with Crippen LogP contribution in [0.2, 0.25) is 0 Å². The van der Waals surface area contributed by atoms with Gasteiger partial charge in [0.15, 0.2) is 35.4 Å². The van der Waals surface area contributed by atoms with Crippen molar-refractivity contribution in [3.8, 4) is 23.0 Å². The van der Waals surface area contributed by atoms with Crippen LogP contribution in [0.5, 0.6) is 23.0 Å². The second-order valence-corrected chi connectivity index (χ2v) is 7.73. The first-order chi connectivity index (χ1) is 17.8. The summed E-state index contributed by atoms with van der Waals surface area (Å²) in [7, 11) is 1.29. The summed E-state index contributed by atoms with van der Waals surface area (Å²) in [5.41, 5.74) is 2.53. The first-order valence-electron chi connectivity index (χ1n) is 11.4. The number of alkyl halides is 2. The highest BCUT2D eigenvalue weighted by Crippen LogP contribution is 2.31. The average molecular weight is 512 g/mol.